The highest BCUT2D eigenvalue weighted by atomic mass is 35.5. The lowest BCUT2D eigenvalue weighted by Crippen LogP contribution is -2.22. The Morgan fingerprint density at radius 2 is 1.82 bits per heavy atom. The van der Waals surface area contributed by atoms with Gasteiger partial charge in [-0.05, 0) is 49.3 Å². The van der Waals surface area contributed by atoms with Crippen molar-refractivity contribution in [1.29, 1.82) is 0 Å². The molecule has 5 nitrogen and oxygen atoms in total. The first-order valence-electron chi connectivity index (χ1n) is 9.52. The average Bonchev–Trinajstić information content (AvgIpc) is 3.46. The fourth-order valence-corrected chi connectivity index (χ4v) is 5.45. The van der Waals surface area contributed by atoms with Gasteiger partial charge in [0.25, 0.3) is 0 Å². The molecule has 0 aliphatic carbocycles. The van der Waals surface area contributed by atoms with Crippen LogP contribution in [0.2, 0.25) is 5.02 Å². The molecule has 2 aromatic heterocycles. The molecule has 1 aliphatic rings. The van der Waals surface area contributed by atoms with Gasteiger partial charge in [0.1, 0.15) is 5.76 Å². The Morgan fingerprint density at radius 1 is 1.00 bits per heavy atom. The van der Waals surface area contributed by atoms with E-state index in [0.29, 0.717) is 6.54 Å². The van der Waals surface area contributed by atoms with Crippen molar-refractivity contribution in [1.82, 2.24) is 14.8 Å². The smallest absolute Gasteiger partial charge is 0.228 e. The number of halogens is 1. The first kappa shape index (κ1) is 19.7. The Balaban J connectivity index is 1.36. The van der Waals surface area contributed by atoms with E-state index in [1.807, 2.05) is 30.3 Å². The Bertz CT molecular complexity index is 878. The van der Waals surface area contributed by atoms with Gasteiger partial charge in [0.2, 0.25) is 5.95 Å². The van der Waals surface area contributed by atoms with Gasteiger partial charge >= 0.3 is 0 Å². The van der Waals surface area contributed by atoms with Crippen molar-refractivity contribution in [2.75, 3.05) is 29.5 Å². The summed E-state index contributed by atoms with van der Waals surface area (Å²) in [5, 5.41) is 10.8. The third-order valence-corrected chi connectivity index (χ3v) is 7.25. The third kappa shape index (κ3) is 4.88. The van der Waals surface area contributed by atoms with E-state index in [1.165, 1.54) is 12.8 Å². The summed E-state index contributed by atoms with van der Waals surface area (Å²) in [5.41, 5.74) is 0. The second-order valence-corrected chi connectivity index (χ2v) is 9.23. The Morgan fingerprint density at radius 3 is 2.61 bits per heavy atom. The number of aromatic nitrogens is 3. The van der Waals surface area contributed by atoms with Crippen molar-refractivity contribution in [3.8, 4) is 0 Å². The second kappa shape index (κ2) is 9.76. The second-order valence-electron chi connectivity index (χ2n) is 6.62. The number of hydrogen-bond acceptors (Lipinski definition) is 6. The lowest BCUT2D eigenvalue weighted by atomic mass is 10.4. The van der Waals surface area contributed by atoms with Gasteiger partial charge in [0.15, 0.2) is 5.16 Å². The quantitative estimate of drug-likeness (QED) is 0.329. The number of rotatable bonds is 9. The normalized spacial score (nSPS) is 14.1. The molecular weight excluding hydrogens is 412 g/mol. The molecule has 0 amide bonds. The zero-order valence-electron chi connectivity index (χ0n) is 15.6. The van der Waals surface area contributed by atoms with Crippen molar-refractivity contribution in [2.45, 2.75) is 35.9 Å². The Hall–Kier alpha value is -1.57. The van der Waals surface area contributed by atoms with Gasteiger partial charge in [-0.1, -0.05) is 35.5 Å². The van der Waals surface area contributed by atoms with Gasteiger partial charge in [-0.25, -0.2) is 0 Å². The standard InChI is InChI=1S/C20H23ClN4OS2/c21-17-8-1-2-9-18(17)27-13-6-14-28-20-23-22-19(24-10-3-4-11-24)25(20)15-16-7-5-12-26-16/h1-2,5,7-9,12H,3-4,6,10-11,13-15H2. The van der Waals surface area contributed by atoms with Crippen molar-refractivity contribution >= 4 is 41.1 Å². The maximum atomic E-state index is 6.23. The van der Waals surface area contributed by atoms with E-state index in [1.54, 1.807) is 29.8 Å². The summed E-state index contributed by atoms with van der Waals surface area (Å²) in [7, 11) is 0. The van der Waals surface area contributed by atoms with Gasteiger partial charge in [0.05, 0.1) is 17.8 Å². The van der Waals surface area contributed by atoms with E-state index in [9.17, 15) is 0 Å². The number of anilines is 1. The highest BCUT2D eigenvalue weighted by Crippen LogP contribution is 2.29. The number of nitrogens with zero attached hydrogens (tertiary/aromatic N) is 4. The van der Waals surface area contributed by atoms with Crippen molar-refractivity contribution < 1.29 is 4.42 Å². The molecule has 1 fully saturated rings. The number of benzene rings is 1. The average molecular weight is 435 g/mol. The van der Waals surface area contributed by atoms with Crippen LogP contribution in [0.1, 0.15) is 25.0 Å². The molecule has 3 heterocycles. The molecule has 0 atom stereocenters. The molecule has 0 bridgehead atoms. The fraction of sp³-hybridized carbons (Fsp3) is 0.400. The molecule has 1 saturated heterocycles. The highest BCUT2D eigenvalue weighted by molar-refractivity contribution is 8.00. The predicted molar refractivity (Wildman–Crippen MR) is 117 cm³/mol. The monoisotopic (exact) mass is 434 g/mol. The van der Waals surface area contributed by atoms with Crippen molar-refractivity contribution in [3.63, 3.8) is 0 Å². The van der Waals surface area contributed by atoms with E-state index in [0.717, 1.165) is 57.8 Å². The van der Waals surface area contributed by atoms with Crippen LogP contribution in [0.15, 0.2) is 57.1 Å². The number of hydrogen-bond donors (Lipinski definition) is 0. The molecule has 8 heteroatoms. The van der Waals surface area contributed by atoms with Crippen LogP contribution >= 0.6 is 35.1 Å². The lowest BCUT2D eigenvalue weighted by molar-refractivity contribution is 0.483. The summed E-state index contributed by atoms with van der Waals surface area (Å²) in [6, 6.07) is 11.9. The molecule has 1 aromatic carbocycles. The van der Waals surface area contributed by atoms with Crippen molar-refractivity contribution in [3.05, 3.63) is 53.4 Å². The van der Waals surface area contributed by atoms with Gasteiger partial charge in [-0.3, -0.25) is 4.57 Å². The van der Waals surface area contributed by atoms with Crippen LogP contribution in [-0.4, -0.2) is 39.4 Å². The minimum absolute atomic E-state index is 0.669. The molecule has 3 aromatic rings. The van der Waals surface area contributed by atoms with Crippen molar-refractivity contribution in [2.24, 2.45) is 0 Å². The van der Waals surface area contributed by atoms with Crippen LogP contribution in [0.25, 0.3) is 0 Å². The molecule has 4 rings (SSSR count). The van der Waals surface area contributed by atoms with Gasteiger partial charge in [0, 0.05) is 23.7 Å². The van der Waals surface area contributed by atoms with E-state index >= 15 is 0 Å². The SMILES string of the molecule is Clc1ccccc1SCCCSc1nnc(N2CCCC2)n1Cc1ccco1. The third-order valence-electron chi connectivity index (χ3n) is 4.59. The van der Waals surface area contributed by atoms with E-state index < -0.39 is 0 Å². The molecule has 0 radical (unpaired) electrons. The van der Waals surface area contributed by atoms with Crippen LogP contribution in [0.3, 0.4) is 0 Å². The summed E-state index contributed by atoms with van der Waals surface area (Å²) >= 11 is 9.79. The van der Waals surface area contributed by atoms with Gasteiger partial charge in [-0.15, -0.1) is 22.0 Å². The number of furan rings is 1. The van der Waals surface area contributed by atoms with Crippen LogP contribution in [0.4, 0.5) is 5.95 Å². The van der Waals surface area contributed by atoms with E-state index in [4.69, 9.17) is 16.0 Å². The summed E-state index contributed by atoms with van der Waals surface area (Å²) in [4.78, 5) is 3.47. The summed E-state index contributed by atoms with van der Waals surface area (Å²) in [6.07, 6.45) is 5.23. The maximum Gasteiger partial charge on any atom is 0.228 e. The minimum Gasteiger partial charge on any atom is -0.467 e. The summed E-state index contributed by atoms with van der Waals surface area (Å²) in [5.74, 6) is 3.91. The molecular formula is C20H23ClN4OS2. The first-order chi connectivity index (χ1) is 13.8. The molecule has 148 valence electrons. The molecule has 0 N–H and O–H groups in total. The van der Waals surface area contributed by atoms with Gasteiger partial charge in [-0.2, -0.15) is 0 Å². The number of thioether (sulfide) groups is 2. The van der Waals surface area contributed by atoms with Crippen LogP contribution in [-0.2, 0) is 6.54 Å². The Kier molecular flexibility index (Phi) is 6.88. The van der Waals surface area contributed by atoms with Gasteiger partial charge < -0.3 is 9.32 Å². The predicted octanol–water partition coefficient (Wildman–Crippen LogP) is 5.45. The molecule has 0 unspecified atom stereocenters. The van der Waals surface area contributed by atoms with Crippen LogP contribution in [0, 0.1) is 0 Å². The summed E-state index contributed by atoms with van der Waals surface area (Å²) < 4.78 is 7.75. The van der Waals surface area contributed by atoms with E-state index in [-0.39, 0.29) is 0 Å². The topological polar surface area (TPSA) is 47.1 Å². The minimum atomic E-state index is 0.669. The molecule has 1 aliphatic heterocycles. The fourth-order valence-electron chi connectivity index (χ4n) is 3.20. The summed E-state index contributed by atoms with van der Waals surface area (Å²) in [6.45, 7) is 2.77. The zero-order valence-corrected chi connectivity index (χ0v) is 18.0. The highest BCUT2D eigenvalue weighted by Gasteiger charge is 2.22. The maximum absolute atomic E-state index is 6.23. The van der Waals surface area contributed by atoms with Crippen LogP contribution in [0.5, 0.6) is 0 Å². The first-order valence-corrected chi connectivity index (χ1v) is 11.9. The van der Waals surface area contributed by atoms with Crippen LogP contribution < -0.4 is 4.90 Å². The Labute approximate surface area is 178 Å². The largest absolute Gasteiger partial charge is 0.467 e. The zero-order chi connectivity index (χ0) is 19.2. The molecule has 0 saturated carbocycles. The molecule has 28 heavy (non-hydrogen) atoms. The molecule has 0 spiro atoms. The lowest BCUT2D eigenvalue weighted by Gasteiger charge is -2.17. The van der Waals surface area contributed by atoms with E-state index in [2.05, 4.69) is 25.7 Å².